The summed E-state index contributed by atoms with van der Waals surface area (Å²) in [6, 6.07) is 10.0. The van der Waals surface area contributed by atoms with Gasteiger partial charge in [0.1, 0.15) is 4.90 Å². The van der Waals surface area contributed by atoms with Gasteiger partial charge in [0.25, 0.3) is 0 Å². The van der Waals surface area contributed by atoms with Gasteiger partial charge in [0.05, 0.1) is 12.0 Å². The van der Waals surface area contributed by atoms with E-state index in [1.165, 1.54) is 18.3 Å². The highest BCUT2D eigenvalue weighted by Gasteiger charge is 2.26. The highest BCUT2D eigenvalue weighted by molar-refractivity contribution is 7.86. The number of nitriles is 1. The first-order valence-electron chi connectivity index (χ1n) is 6.05. The van der Waals surface area contributed by atoms with Crippen LogP contribution in [0.1, 0.15) is 19.3 Å². The Morgan fingerprint density at radius 3 is 2.74 bits per heavy atom. The molecule has 100 valence electrons. The van der Waals surface area contributed by atoms with Crippen molar-refractivity contribution in [2.75, 3.05) is 0 Å². The Morgan fingerprint density at radius 1 is 1.32 bits per heavy atom. The number of nitrogens with zero attached hydrogens (tertiary/aromatic N) is 2. The second-order valence-electron chi connectivity index (χ2n) is 4.43. The normalized spacial score (nSPS) is 23.3. The second kappa shape index (κ2) is 5.85. The first-order valence-corrected chi connectivity index (χ1v) is 7.46. The van der Waals surface area contributed by atoms with E-state index in [1.807, 2.05) is 0 Å². The lowest BCUT2D eigenvalue weighted by atomic mass is 9.99. The zero-order valence-electron chi connectivity index (χ0n) is 10.3. The summed E-state index contributed by atoms with van der Waals surface area (Å²) < 4.78 is 28.1. The molecule has 1 aliphatic rings. The van der Waals surface area contributed by atoms with E-state index in [-0.39, 0.29) is 16.7 Å². The Hall–Kier alpha value is -1.87. The van der Waals surface area contributed by atoms with E-state index in [9.17, 15) is 8.42 Å². The van der Waals surface area contributed by atoms with Crippen molar-refractivity contribution in [3.05, 3.63) is 30.3 Å². The predicted molar refractivity (Wildman–Crippen MR) is 69.6 cm³/mol. The molecular weight excluding hydrogens is 264 g/mol. The van der Waals surface area contributed by atoms with Crippen molar-refractivity contribution >= 4 is 16.3 Å². The molecule has 1 aromatic carbocycles. The van der Waals surface area contributed by atoms with Crippen LogP contribution in [0.3, 0.4) is 0 Å². The lowest BCUT2D eigenvalue weighted by Crippen LogP contribution is -2.08. The largest absolute Gasteiger partial charge is 0.358 e. The highest BCUT2D eigenvalue weighted by atomic mass is 32.2. The van der Waals surface area contributed by atoms with Gasteiger partial charge in [0.2, 0.25) is 0 Å². The monoisotopic (exact) mass is 278 g/mol. The van der Waals surface area contributed by atoms with E-state index in [0.29, 0.717) is 0 Å². The molecule has 1 aromatic rings. The third-order valence-electron chi connectivity index (χ3n) is 3.16. The fraction of sp³-hybridized carbons (Fsp3) is 0.385. The molecule has 0 aromatic heterocycles. The van der Waals surface area contributed by atoms with E-state index in [4.69, 9.17) is 5.26 Å². The van der Waals surface area contributed by atoms with E-state index >= 15 is 0 Å². The maximum absolute atomic E-state index is 11.8. The summed E-state index contributed by atoms with van der Waals surface area (Å²) in [6.45, 7) is 0. The molecule has 0 bridgehead atoms. The third kappa shape index (κ3) is 3.32. The summed E-state index contributed by atoms with van der Waals surface area (Å²) in [6.07, 6.45) is 4.07. The molecular formula is C13H14N2O3S. The van der Waals surface area contributed by atoms with Crippen molar-refractivity contribution in [3.63, 3.8) is 0 Å². The van der Waals surface area contributed by atoms with Gasteiger partial charge in [-0.05, 0) is 25.0 Å². The Morgan fingerprint density at radius 2 is 2.05 bits per heavy atom. The van der Waals surface area contributed by atoms with Gasteiger partial charge in [-0.3, -0.25) is 4.28 Å². The molecule has 0 radical (unpaired) electrons. The third-order valence-corrected chi connectivity index (χ3v) is 4.29. The number of hydrogen-bond donors (Lipinski definition) is 0. The van der Waals surface area contributed by atoms with E-state index < -0.39 is 10.1 Å². The zero-order valence-corrected chi connectivity index (χ0v) is 11.1. The van der Waals surface area contributed by atoms with Crippen molar-refractivity contribution in [1.82, 2.24) is 0 Å². The average Bonchev–Trinajstić information content (AvgIpc) is 2.87. The Bertz CT molecular complexity index is 590. The van der Waals surface area contributed by atoms with Crippen LogP contribution in [0.5, 0.6) is 0 Å². The van der Waals surface area contributed by atoms with Crippen LogP contribution < -0.4 is 0 Å². The first kappa shape index (κ1) is 13.6. The summed E-state index contributed by atoms with van der Waals surface area (Å²) >= 11 is 0. The minimum absolute atomic E-state index is 0.0176. The molecule has 6 heteroatoms. The van der Waals surface area contributed by atoms with Gasteiger partial charge in [0.15, 0.2) is 0 Å². The summed E-state index contributed by atoms with van der Waals surface area (Å²) in [5, 5.41) is 12.4. The Labute approximate surface area is 112 Å². The van der Waals surface area contributed by atoms with Crippen LogP contribution in [0.4, 0.5) is 0 Å². The topological polar surface area (TPSA) is 79.5 Å². The van der Waals surface area contributed by atoms with Crippen molar-refractivity contribution < 1.29 is 12.7 Å². The lowest BCUT2D eigenvalue weighted by Gasteiger charge is -2.05. The maximum atomic E-state index is 11.8. The quantitative estimate of drug-likeness (QED) is 0.625. The SMILES string of the molecule is N#CC1CCCC1C=NOS(=O)(=O)c1ccccc1. The molecule has 1 aliphatic carbocycles. The fourth-order valence-corrected chi connectivity index (χ4v) is 2.86. The van der Waals surface area contributed by atoms with Crippen molar-refractivity contribution in [2.24, 2.45) is 17.0 Å². The Balaban J connectivity index is 2.01. The lowest BCUT2D eigenvalue weighted by molar-refractivity contribution is 0.337. The van der Waals surface area contributed by atoms with E-state index in [0.717, 1.165) is 19.3 Å². The molecule has 2 atom stereocenters. The number of benzene rings is 1. The molecule has 2 unspecified atom stereocenters. The number of rotatable bonds is 4. The highest BCUT2D eigenvalue weighted by Crippen LogP contribution is 2.29. The summed E-state index contributed by atoms with van der Waals surface area (Å²) in [5.74, 6) is -0.109. The fourth-order valence-electron chi connectivity index (χ4n) is 2.12. The number of hydrogen-bond acceptors (Lipinski definition) is 5. The predicted octanol–water partition coefficient (Wildman–Crippen LogP) is 2.32. The first-order chi connectivity index (χ1) is 9.13. The van der Waals surface area contributed by atoms with Crippen LogP contribution in [0.15, 0.2) is 40.4 Å². The van der Waals surface area contributed by atoms with Crippen molar-refractivity contribution in [3.8, 4) is 6.07 Å². The van der Waals surface area contributed by atoms with Crippen LogP contribution in [-0.2, 0) is 14.4 Å². The molecule has 0 spiro atoms. The van der Waals surface area contributed by atoms with Crippen LogP contribution in [0, 0.1) is 23.2 Å². The molecule has 2 rings (SSSR count). The standard InChI is InChI=1S/C13H14N2O3S/c14-9-11-5-4-6-12(11)10-15-18-19(16,17)13-7-2-1-3-8-13/h1-3,7-8,10-12H,4-6H2. The average molecular weight is 278 g/mol. The van der Waals surface area contributed by atoms with Gasteiger partial charge in [-0.25, -0.2) is 0 Å². The van der Waals surface area contributed by atoms with Gasteiger partial charge in [0, 0.05) is 12.1 Å². The van der Waals surface area contributed by atoms with Gasteiger partial charge in [-0.1, -0.05) is 29.8 Å². The molecule has 0 amide bonds. The van der Waals surface area contributed by atoms with Crippen LogP contribution >= 0.6 is 0 Å². The Kier molecular flexibility index (Phi) is 4.17. The molecule has 0 saturated heterocycles. The summed E-state index contributed by atoms with van der Waals surface area (Å²) in [7, 11) is -3.86. The minimum atomic E-state index is -3.86. The van der Waals surface area contributed by atoms with E-state index in [2.05, 4.69) is 15.5 Å². The van der Waals surface area contributed by atoms with Gasteiger partial charge in [-0.2, -0.15) is 13.7 Å². The zero-order chi connectivity index (χ0) is 13.7. The van der Waals surface area contributed by atoms with Crippen LogP contribution in [-0.4, -0.2) is 14.6 Å². The molecule has 0 heterocycles. The summed E-state index contributed by atoms with van der Waals surface area (Å²) in [4.78, 5) is 0.0652. The van der Waals surface area contributed by atoms with Gasteiger partial charge in [-0.15, -0.1) is 0 Å². The molecule has 5 nitrogen and oxygen atoms in total. The van der Waals surface area contributed by atoms with Gasteiger partial charge >= 0.3 is 10.1 Å². The molecule has 0 N–H and O–H groups in total. The van der Waals surface area contributed by atoms with Crippen molar-refractivity contribution in [1.29, 1.82) is 5.26 Å². The van der Waals surface area contributed by atoms with Gasteiger partial charge < -0.3 is 0 Å². The van der Waals surface area contributed by atoms with Crippen LogP contribution in [0.25, 0.3) is 0 Å². The molecule has 1 saturated carbocycles. The number of oxime groups is 1. The molecule has 1 fully saturated rings. The molecule has 19 heavy (non-hydrogen) atoms. The second-order valence-corrected chi connectivity index (χ2v) is 5.96. The maximum Gasteiger partial charge on any atom is 0.358 e. The smallest absolute Gasteiger partial charge is 0.265 e. The van der Waals surface area contributed by atoms with Crippen molar-refractivity contribution in [2.45, 2.75) is 24.2 Å². The minimum Gasteiger partial charge on any atom is -0.265 e. The van der Waals surface area contributed by atoms with Crippen LogP contribution in [0.2, 0.25) is 0 Å². The molecule has 0 aliphatic heterocycles. The summed E-state index contributed by atoms with van der Waals surface area (Å²) in [5.41, 5.74) is 0. The van der Waals surface area contributed by atoms with E-state index in [1.54, 1.807) is 18.2 Å².